The van der Waals surface area contributed by atoms with Gasteiger partial charge >= 0.3 is 12.0 Å². The number of hydrogen-bond acceptors (Lipinski definition) is 6. The van der Waals surface area contributed by atoms with E-state index in [4.69, 9.17) is 9.47 Å². The lowest BCUT2D eigenvalue weighted by Crippen LogP contribution is -2.54. The number of methoxy groups -OCH3 is 1. The van der Waals surface area contributed by atoms with Crippen molar-refractivity contribution in [2.45, 2.75) is 6.61 Å². The largest absolute Gasteiger partial charge is 0.493 e. The minimum absolute atomic E-state index is 0.0963. The number of carboxylic acid groups (broad SMARTS) is 1. The van der Waals surface area contributed by atoms with Crippen molar-refractivity contribution in [2.75, 3.05) is 12.0 Å². The summed E-state index contributed by atoms with van der Waals surface area (Å²) in [5.41, 5.74) is 1.37. The molecule has 1 aliphatic rings. The second kappa shape index (κ2) is 11.1. The van der Waals surface area contributed by atoms with Crippen LogP contribution in [0.15, 0.2) is 70.7 Å². The second-order valence-corrected chi connectivity index (χ2v) is 9.84. The molecule has 4 rings (SSSR count). The van der Waals surface area contributed by atoms with Crippen LogP contribution in [-0.4, -0.2) is 36.0 Å². The summed E-state index contributed by atoms with van der Waals surface area (Å²) in [4.78, 5) is 50.2. The molecule has 0 radical (unpaired) electrons. The van der Waals surface area contributed by atoms with Crippen molar-refractivity contribution in [1.29, 1.82) is 0 Å². The van der Waals surface area contributed by atoms with E-state index in [0.29, 0.717) is 31.9 Å². The van der Waals surface area contributed by atoms with Gasteiger partial charge in [-0.25, -0.2) is 14.5 Å². The molecule has 1 saturated heterocycles. The predicted molar refractivity (Wildman–Crippen MR) is 147 cm³/mol. The van der Waals surface area contributed by atoms with Gasteiger partial charge in [0.1, 0.15) is 12.2 Å². The number of hydrogen-bond donors (Lipinski definition) is 2. The van der Waals surface area contributed by atoms with Crippen LogP contribution in [-0.2, 0) is 16.2 Å². The van der Waals surface area contributed by atoms with Gasteiger partial charge in [0.2, 0.25) is 0 Å². The molecule has 2 N–H and O–H groups in total. The Hall–Kier alpha value is -3.71. The topological polar surface area (TPSA) is 122 Å². The van der Waals surface area contributed by atoms with Crippen molar-refractivity contribution in [3.05, 3.63) is 91.0 Å². The molecule has 0 atom stereocenters. The molecule has 0 saturated carbocycles. The Morgan fingerprint density at radius 1 is 1.11 bits per heavy atom. The lowest BCUT2D eigenvalue weighted by molar-refractivity contribution is -0.122. The molecular formula is C26H18BrIN2O7. The van der Waals surface area contributed by atoms with E-state index < -0.39 is 23.8 Å². The Morgan fingerprint density at radius 2 is 1.84 bits per heavy atom. The minimum Gasteiger partial charge on any atom is -0.493 e. The first-order chi connectivity index (χ1) is 17.7. The molecule has 4 amide bonds. The molecule has 0 aliphatic carbocycles. The summed E-state index contributed by atoms with van der Waals surface area (Å²) in [5, 5.41) is 11.4. The Bertz CT molecular complexity index is 1450. The molecule has 1 aliphatic heterocycles. The SMILES string of the molecule is COc1cc(/C=C2\C(=O)NC(=O)N(c3ccc(Br)cc3)C2=O)cc(I)c1OCc1cccc(C(=O)O)c1. The van der Waals surface area contributed by atoms with Gasteiger partial charge in [-0.05, 0) is 88.3 Å². The number of benzene rings is 3. The average Bonchev–Trinajstić information content (AvgIpc) is 2.86. The molecule has 0 spiro atoms. The van der Waals surface area contributed by atoms with E-state index in [0.717, 1.165) is 9.37 Å². The lowest BCUT2D eigenvalue weighted by atomic mass is 10.1. The van der Waals surface area contributed by atoms with Gasteiger partial charge in [-0.15, -0.1) is 0 Å². The summed E-state index contributed by atoms with van der Waals surface area (Å²) in [5.74, 6) is -1.84. The highest BCUT2D eigenvalue weighted by Gasteiger charge is 2.36. The van der Waals surface area contributed by atoms with Crippen LogP contribution in [0.3, 0.4) is 0 Å². The van der Waals surface area contributed by atoms with Crippen molar-refractivity contribution < 1.29 is 33.8 Å². The number of ether oxygens (including phenoxy) is 2. The molecular weight excluding hydrogens is 659 g/mol. The van der Waals surface area contributed by atoms with Crippen LogP contribution < -0.4 is 19.7 Å². The summed E-state index contributed by atoms with van der Waals surface area (Å²) >= 11 is 5.35. The van der Waals surface area contributed by atoms with Crippen LogP contribution in [0.1, 0.15) is 21.5 Å². The van der Waals surface area contributed by atoms with Crippen LogP contribution in [0, 0.1) is 3.57 Å². The van der Waals surface area contributed by atoms with E-state index in [2.05, 4.69) is 21.2 Å². The van der Waals surface area contributed by atoms with Crippen LogP contribution in [0.5, 0.6) is 11.5 Å². The van der Waals surface area contributed by atoms with Crippen LogP contribution >= 0.6 is 38.5 Å². The summed E-state index contributed by atoms with van der Waals surface area (Å²) in [6.45, 7) is 0.0963. The normalized spacial score (nSPS) is 14.5. The number of amides is 4. The molecule has 9 nitrogen and oxygen atoms in total. The molecule has 3 aromatic carbocycles. The Kier molecular flexibility index (Phi) is 7.93. The third kappa shape index (κ3) is 5.83. The standard InChI is InChI=1S/C26H18BrIN2O7/c1-36-21-12-15(11-20(28)22(21)37-13-14-3-2-4-16(9-14)25(33)34)10-19-23(31)29-26(35)30(24(19)32)18-7-5-17(27)6-8-18/h2-12H,13H2,1H3,(H,33,34)(H,29,31,35)/b19-10+. The van der Waals surface area contributed by atoms with Gasteiger partial charge in [0, 0.05) is 4.47 Å². The summed E-state index contributed by atoms with van der Waals surface area (Å²) < 4.78 is 12.8. The fraction of sp³-hybridized carbons (Fsp3) is 0.0769. The molecule has 1 heterocycles. The van der Waals surface area contributed by atoms with Crippen molar-refractivity contribution in [1.82, 2.24) is 5.32 Å². The van der Waals surface area contributed by atoms with Crippen molar-refractivity contribution >= 4 is 74.1 Å². The summed E-state index contributed by atoms with van der Waals surface area (Å²) in [6, 6.07) is 15.4. The van der Waals surface area contributed by atoms with Gasteiger partial charge in [-0.2, -0.15) is 0 Å². The van der Waals surface area contributed by atoms with Gasteiger partial charge in [0.15, 0.2) is 11.5 Å². The van der Waals surface area contributed by atoms with Gasteiger partial charge < -0.3 is 14.6 Å². The highest BCUT2D eigenvalue weighted by atomic mass is 127. The number of rotatable bonds is 7. The van der Waals surface area contributed by atoms with Gasteiger partial charge in [-0.3, -0.25) is 14.9 Å². The molecule has 11 heteroatoms. The number of barbiturate groups is 1. The highest BCUT2D eigenvalue weighted by Crippen LogP contribution is 2.35. The second-order valence-electron chi connectivity index (χ2n) is 7.76. The first kappa shape index (κ1) is 26.4. The van der Waals surface area contributed by atoms with E-state index in [1.165, 1.54) is 25.3 Å². The van der Waals surface area contributed by atoms with E-state index in [-0.39, 0.29) is 17.7 Å². The molecule has 3 aromatic rings. The number of imide groups is 2. The number of urea groups is 1. The molecule has 37 heavy (non-hydrogen) atoms. The number of carbonyl (C=O) groups excluding carboxylic acids is 3. The van der Waals surface area contributed by atoms with Gasteiger partial charge in [0.05, 0.1) is 21.9 Å². The first-order valence-electron chi connectivity index (χ1n) is 10.7. The maximum Gasteiger partial charge on any atom is 0.335 e. The molecule has 188 valence electrons. The van der Waals surface area contributed by atoms with Crippen LogP contribution in [0.25, 0.3) is 6.08 Å². The third-order valence-corrected chi connectivity index (χ3v) is 6.64. The summed E-state index contributed by atoms with van der Waals surface area (Å²) in [7, 11) is 1.45. The molecule has 0 unspecified atom stereocenters. The number of halogens is 2. The third-order valence-electron chi connectivity index (χ3n) is 5.31. The molecule has 0 aromatic heterocycles. The fourth-order valence-corrected chi connectivity index (χ4v) is 4.61. The van der Waals surface area contributed by atoms with Crippen LogP contribution in [0.4, 0.5) is 10.5 Å². The number of carboxylic acids is 1. The quantitative estimate of drug-likeness (QED) is 0.205. The monoisotopic (exact) mass is 676 g/mol. The minimum atomic E-state index is -1.03. The summed E-state index contributed by atoms with van der Waals surface area (Å²) in [6.07, 6.45) is 1.38. The van der Waals surface area contributed by atoms with Crippen LogP contribution in [0.2, 0.25) is 0 Å². The van der Waals surface area contributed by atoms with E-state index in [1.54, 1.807) is 48.5 Å². The molecule has 0 bridgehead atoms. The van der Waals surface area contributed by atoms with E-state index in [9.17, 15) is 24.3 Å². The fourth-order valence-electron chi connectivity index (χ4n) is 3.56. The number of carbonyl (C=O) groups is 4. The number of nitrogens with one attached hydrogen (secondary N) is 1. The van der Waals surface area contributed by atoms with Crippen molar-refractivity contribution in [3.8, 4) is 11.5 Å². The predicted octanol–water partition coefficient (Wildman–Crippen LogP) is 5.01. The first-order valence-corrected chi connectivity index (χ1v) is 12.5. The number of nitrogens with zero attached hydrogens (tertiary/aromatic N) is 1. The number of aromatic carboxylic acids is 1. The highest BCUT2D eigenvalue weighted by molar-refractivity contribution is 14.1. The Balaban J connectivity index is 1.62. The molecule has 1 fully saturated rings. The Labute approximate surface area is 233 Å². The maximum absolute atomic E-state index is 13.1. The van der Waals surface area contributed by atoms with Crippen molar-refractivity contribution in [2.24, 2.45) is 0 Å². The zero-order valence-electron chi connectivity index (χ0n) is 19.2. The van der Waals surface area contributed by atoms with Crippen molar-refractivity contribution in [3.63, 3.8) is 0 Å². The lowest BCUT2D eigenvalue weighted by Gasteiger charge is -2.26. The van der Waals surface area contributed by atoms with E-state index in [1.807, 2.05) is 22.6 Å². The average molecular weight is 677 g/mol. The zero-order chi connectivity index (χ0) is 26.7. The zero-order valence-corrected chi connectivity index (χ0v) is 22.9. The van der Waals surface area contributed by atoms with Gasteiger partial charge in [-0.1, -0.05) is 28.1 Å². The van der Waals surface area contributed by atoms with Gasteiger partial charge in [0.25, 0.3) is 11.8 Å². The Morgan fingerprint density at radius 3 is 2.51 bits per heavy atom. The van der Waals surface area contributed by atoms with E-state index >= 15 is 0 Å². The maximum atomic E-state index is 13.1. The smallest absolute Gasteiger partial charge is 0.335 e. The number of anilines is 1.